The molecule has 0 spiro atoms. The molecule has 0 radical (unpaired) electrons. The normalized spacial score (nSPS) is 19.1. The predicted molar refractivity (Wildman–Crippen MR) is 68.9 cm³/mol. The van der Waals surface area contributed by atoms with Crippen molar-refractivity contribution >= 4 is 5.91 Å². The number of fused-ring (bicyclic) bond motifs is 1. The Labute approximate surface area is 107 Å². The van der Waals surface area contributed by atoms with Gasteiger partial charge in [-0.05, 0) is 25.5 Å². The molecular weight excluding hydrogens is 230 g/mol. The van der Waals surface area contributed by atoms with Gasteiger partial charge in [0, 0.05) is 6.04 Å². The maximum atomic E-state index is 12.0. The van der Waals surface area contributed by atoms with E-state index in [-0.39, 0.29) is 18.6 Å². The lowest BCUT2D eigenvalue weighted by atomic mass is 10.2. The lowest BCUT2D eigenvalue weighted by Crippen LogP contribution is -2.46. The first-order valence-corrected chi connectivity index (χ1v) is 6.39. The molecule has 1 aliphatic heterocycles. The molecule has 2 rings (SSSR count). The van der Waals surface area contributed by atoms with Gasteiger partial charge in [-0.2, -0.15) is 0 Å². The van der Waals surface area contributed by atoms with Gasteiger partial charge >= 0.3 is 0 Å². The number of carbonyl (C=O) groups excluding carboxylic acids is 1. The molecule has 18 heavy (non-hydrogen) atoms. The highest BCUT2D eigenvalue weighted by Gasteiger charge is 2.27. The van der Waals surface area contributed by atoms with Crippen LogP contribution in [0.2, 0.25) is 0 Å². The number of ether oxygens (including phenoxy) is 2. The quantitative estimate of drug-likeness (QED) is 0.889. The predicted octanol–water partition coefficient (Wildman–Crippen LogP) is 2.13. The zero-order valence-electron chi connectivity index (χ0n) is 10.8. The van der Waals surface area contributed by atoms with Crippen LogP contribution in [-0.2, 0) is 4.79 Å². The molecule has 1 amide bonds. The maximum absolute atomic E-state index is 12.0. The molecule has 1 N–H and O–H groups in total. The zero-order chi connectivity index (χ0) is 13.0. The Morgan fingerprint density at radius 1 is 1.44 bits per heavy atom. The molecule has 0 aromatic heterocycles. The number of hydrogen-bond acceptors (Lipinski definition) is 3. The smallest absolute Gasteiger partial charge is 0.264 e. The molecule has 1 aromatic carbocycles. The second-order valence-electron chi connectivity index (χ2n) is 4.56. The van der Waals surface area contributed by atoms with Crippen molar-refractivity contribution in [1.82, 2.24) is 5.32 Å². The third kappa shape index (κ3) is 2.94. The summed E-state index contributed by atoms with van der Waals surface area (Å²) in [7, 11) is 0. The summed E-state index contributed by atoms with van der Waals surface area (Å²) in [6, 6.07) is 7.56. The topological polar surface area (TPSA) is 47.6 Å². The van der Waals surface area contributed by atoms with Gasteiger partial charge < -0.3 is 14.8 Å². The molecule has 4 heteroatoms. The van der Waals surface area contributed by atoms with Crippen LogP contribution in [0.3, 0.4) is 0 Å². The van der Waals surface area contributed by atoms with Crippen molar-refractivity contribution in [1.29, 1.82) is 0 Å². The lowest BCUT2D eigenvalue weighted by Gasteiger charge is -2.26. The highest BCUT2D eigenvalue weighted by molar-refractivity contribution is 5.82. The van der Waals surface area contributed by atoms with Gasteiger partial charge in [-0.3, -0.25) is 4.79 Å². The van der Waals surface area contributed by atoms with Crippen molar-refractivity contribution in [3.05, 3.63) is 24.3 Å². The van der Waals surface area contributed by atoms with Crippen LogP contribution in [0.15, 0.2) is 24.3 Å². The van der Waals surface area contributed by atoms with Gasteiger partial charge in [0.1, 0.15) is 6.61 Å². The van der Waals surface area contributed by atoms with Crippen molar-refractivity contribution in [3.63, 3.8) is 0 Å². The second kappa shape index (κ2) is 5.76. The number of carbonyl (C=O) groups is 1. The Balaban J connectivity index is 1.94. The fraction of sp³-hybridized carbons (Fsp3) is 0.500. The third-order valence-electron chi connectivity index (χ3n) is 2.91. The highest BCUT2D eigenvalue weighted by Crippen LogP contribution is 2.30. The third-order valence-corrected chi connectivity index (χ3v) is 2.91. The Bertz CT molecular complexity index is 419. The van der Waals surface area contributed by atoms with Gasteiger partial charge in [0.15, 0.2) is 11.5 Å². The molecule has 1 heterocycles. The molecule has 2 atom stereocenters. The second-order valence-corrected chi connectivity index (χ2v) is 4.56. The average molecular weight is 249 g/mol. The summed E-state index contributed by atoms with van der Waals surface area (Å²) in [4.78, 5) is 12.0. The standard InChI is InChI=1S/C14H19NO3/c1-3-6-10(2)15-14(16)13-9-17-11-7-4-5-8-12(11)18-13/h4-5,7-8,10,13H,3,6,9H2,1-2H3,(H,15,16). The summed E-state index contributed by atoms with van der Waals surface area (Å²) < 4.78 is 11.1. The van der Waals surface area contributed by atoms with Crippen molar-refractivity contribution in [2.45, 2.75) is 38.8 Å². The molecular formula is C14H19NO3. The molecule has 0 bridgehead atoms. The van der Waals surface area contributed by atoms with E-state index in [9.17, 15) is 4.79 Å². The summed E-state index contributed by atoms with van der Waals surface area (Å²) in [5.41, 5.74) is 0. The Morgan fingerprint density at radius 2 is 2.17 bits per heavy atom. The zero-order valence-corrected chi connectivity index (χ0v) is 10.8. The van der Waals surface area contributed by atoms with Crippen LogP contribution in [0.4, 0.5) is 0 Å². The SMILES string of the molecule is CCCC(C)NC(=O)C1COc2ccccc2O1. The molecule has 98 valence electrons. The number of para-hydroxylation sites is 2. The fourth-order valence-corrected chi connectivity index (χ4v) is 1.99. The summed E-state index contributed by atoms with van der Waals surface area (Å²) in [6.45, 7) is 4.36. The van der Waals surface area contributed by atoms with Gasteiger partial charge in [-0.1, -0.05) is 25.5 Å². The first-order valence-electron chi connectivity index (χ1n) is 6.39. The molecule has 0 fully saturated rings. The largest absolute Gasteiger partial charge is 0.485 e. The maximum Gasteiger partial charge on any atom is 0.264 e. The minimum atomic E-state index is -0.556. The Kier molecular flexibility index (Phi) is 4.07. The van der Waals surface area contributed by atoms with Crippen LogP contribution in [0, 0.1) is 0 Å². The van der Waals surface area contributed by atoms with E-state index in [1.54, 1.807) is 0 Å². The molecule has 4 nitrogen and oxygen atoms in total. The molecule has 1 aliphatic rings. The molecule has 0 saturated heterocycles. The summed E-state index contributed by atoms with van der Waals surface area (Å²) in [6.07, 6.45) is 1.46. The van der Waals surface area contributed by atoms with E-state index in [0.29, 0.717) is 11.5 Å². The van der Waals surface area contributed by atoms with Crippen molar-refractivity contribution in [2.75, 3.05) is 6.61 Å². The van der Waals surface area contributed by atoms with Gasteiger partial charge in [-0.15, -0.1) is 0 Å². The van der Waals surface area contributed by atoms with Crippen LogP contribution in [0.1, 0.15) is 26.7 Å². The molecule has 2 unspecified atom stereocenters. The van der Waals surface area contributed by atoms with Crippen LogP contribution in [0.5, 0.6) is 11.5 Å². The first-order chi connectivity index (χ1) is 8.70. The highest BCUT2D eigenvalue weighted by atomic mass is 16.6. The summed E-state index contributed by atoms with van der Waals surface area (Å²) in [5, 5.41) is 2.94. The molecule has 1 aromatic rings. The van der Waals surface area contributed by atoms with E-state index in [0.717, 1.165) is 12.8 Å². The number of amides is 1. The van der Waals surface area contributed by atoms with E-state index in [1.807, 2.05) is 31.2 Å². The van der Waals surface area contributed by atoms with Gasteiger partial charge in [-0.25, -0.2) is 0 Å². The van der Waals surface area contributed by atoms with Crippen molar-refractivity contribution < 1.29 is 14.3 Å². The average Bonchev–Trinajstić information content (AvgIpc) is 2.38. The molecule has 0 aliphatic carbocycles. The minimum absolute atomic E-state index is 0.106. The van der Waals surface area contributed by atoms with Crippen LogP contribution >= 0.6 is 0 Å². The Hall–Kier alpha value is -1.71. The lowest BCUT2D eigenvalue weighted by molar-refractivity contribution is -0.131. The van der Waals surface area contributed by atoms with E-state index < -0.39 is 6.10 Å². The summed E-state index contributed by atoms with van der Waals surface area (Å²) in [5.74, 6) is 1.22. The van der Waals surface area contributed by atoms with Gasteiger partial charge in [0.05, 0.1) is 0 Å². The van der Waals surface area contributed by atoms with Crippen molar-refractivity contribution in [2.24, 2.45) is 0 Å². The van der Waals surface area contributed by atoms with E-state index >= 15 is 0 Å². The first kappa shape index (κ1) is 12.7. The van der Waals surface area contributed by atoms with E-state index in [1.165, 1.54) is 0 Å². The summed E-state index contributed by atoms with van der Waals surface area (Å²) >= 11 is 0. The fourth-order valence-electron chi connectivity index (χ4n) is 1.99. The monoisotopic (exact) mass is 249 g/mol. The van der Waals surface area contributed by atoms with E-state index in [4.69, 9.17) is 9.47 Å². The van der Waals surface area contributed by atoms with Crippen molar-refractivity contribution in [3.8, 4) is 11.5 Å². The Morgan fingerprint density at radius 3 is 2.89 bits per heavy atom. The number of hydrogen-bond donors (Lipinski definition) is 1. The van der Waals surface area contributed by atoms with Crippen LogP contribution in [0.25, 0.3) is 0 Å². The number of benzene rings is 1. The van der Waals surface area contributed by atoms with Gasteiger partial charge in [0.2, 0.25) is 6.10 Å². The van der Waals surface area contributed by atoms with Crippen LogP contribution in [-0.4, -0.2) is 24.7 Å². The van der Waals surface area contributed by atoms with Crippen LogP contribution < -0.4 is 14.8 Å². The molecule has 0 saturated carbocycles. The number of rotatable bonds is 4. The van der Waals surface area contributed by atoms with Gasteiger partial charge in [0.25, 0.3) is 5.91 Å². The number of nitrogens with one attached hydrogen (secondary N) is 1. The van der Waals surface area contributed by atoms with E-state index in [2.05, 4.69) is 12.2 Å². The minimum Gasteiger partial charge on any atom is -0.485 e.